The number of pyridine rings is 1. The molecule has 0 aromatic carbocycles. The summed E-state index contributed by atoms with van der Waals surface area (Å²) >= 11 is 0. The summed E-state index contributed by atoms with van der Waals surface area (Å²) in [5.74, 6) is 1.07. The van der Waals surface area contributed by atoms with E-state index in [1.807, 2.05) is 24.7 Å². The maximum Gasteiger partial charge on any atom is 0.123 e. The Kier molecular flexibility index (Phi) is 4.52. The zero-order valence-corrected chi connectivity index (χ0v) is 11.4. The van der Waals surface area contributed by atoms with Gasteiger partial charge >= 0.3 is 0 Å². The van der Waals surface area contributed by atoms with Crippen LogP contribution in [-0.2, 0) is 11.3 Å². The summed E-state index contributed by atoms with van der Waals surface area (Å²) in [6.07, 6.45) is 5.35. The van der Waals surface area contributed by atoms with Crippen LogP contribution in [0.3, 0.4) is 0 Å². The van der Waals surface area contributed by atoms with Crippen molar-refractivity contribution in [1.82, 2.24) is 14.5 Å². The number of anilines is 1. The molecule has 0 fully saturated rings. The molecule has 0 amide bonds. The fourth-order valence-electron chi connectivity index (χ4n) is 1.83. The lowest BCUT2D eigenvalue weighted by atomic mass is 10.2. The second kappa shape index (κ2) is 6.33. The Bertz CT molecular complexity index is 522. The van der Waals surface area contributed by atoms with Crippen molar-refractivity contribution in [3.05, 3.63) is 30.9 Å². The maximum atomic E-state index is 5.70. The quantitative estimate of drug-likeness (QED) is 0.809. The normalized spacial score (nSPS) is 11.1. The van der Waals surface area contributed by atoms with E-state index in [2.05, 4.69) is 28.4 Å². The van der Waals surface area contributed by atoms with Crippen molar-refractivity contribution in [1.29, 1.82) is 0 Å². The number of nitrogens with zero attached hydrogens (tertiary/aromatic N) is 3. The minimum atomic E-state index is 0.515. The zero-order chi connectivity index (χ0) is 13.7. The summed E-state index contributed by atoms with van der Waals surface area (Å²) in [5, 5.41) is 0. The molecule has 0 bridgehead atoms. The molecule has 2 rings (SSSR count). The topological polar surface area (TPSA) is 66.0 Å². The molecule has 2 heterocycles. The van der Waals surface area contributed by atoms with Gasteiger partial charge < -0.3 is 15.0 Å². The standard InChI is InChI=1S/C14H20N4O/c1-11(2)9-19-6-5-18-10-16-8-13(18)12-3-4-17-14(15)7-12/h3-4,7-8,10-11H,5-6,9H2,1-2H3,(H2,15,17). The van der Waals surface area contributed by atoms with Crippen molar-refractivity contribution >= 4 is 5.82 Å². The van der Waals surface area contributed by atoms with E-state index < -0.39 is 0 Å². The summed E-state index contributed by atoms with van der Waals surface area (Å²) in [6.45, 7) is 6.53. The third kappa shape index (κ3) is 3.79. The van der Waals surface area contributed by atoms with Crippen LogP contribution in [0.1, 0.15) is 13.8 Å². The summed E-state index contributed by atoms with van der Waals surface area (Å²) in [7, 11) is 0. The van der Waals surface area contributed by atoms with Gasteiger partial charge in [-0.15, -0.1) is 0 Å². The predicted octanol–water partition coefficient (Wildman–Crippen LogP) is 2.20. The molecule has 19 heavy (non-hydrogen) atoms. The van der Waals surface area contributed by atoms with Gasteiger partial charge in [0, 0.05) is 24.9 Å². The Morgan fingerprint density at radius 2 is 2.26 bits per heavy atom. The third-order valence-corrected chi connectivity index (χ3v) is 2.72. The Balaban J connectivity index is 2.02. The highest BCUT2D eigenvalue weighted by atomic mass is 16.5. The monoisotopic (exact) mass is 260 g/mol. The molecule has 5 heteroatoms. The molecule has 0 spiro atoms. The maximum absolute atomic E-state index is 5.70. The van der Waals surface area contributed by atoms with E-state index in [1.54, 1.807) is 6.20 Å². The zero-order valence-electron chi connectivity index (χ0n) is 11.4. The lowest BCUT2D eigenvalue weighted by Crippen LogP contribution is -2.09. The summed E-state index contributed by atoms with van der Waals surface area (Å²) in [5.41, 5.74) is 7.76. The van der Waals surface area contributed by atoms with E-state index >= 15 is 0 Å². The van der Waals surface area contributed by atoms with Crippen molar-refractivity contribution in [3.8, 4) is 11.3 Å². The number of nitrogen functional groups attached to an aromatic ring is 1. The average molecular weight is 260 g/mol. The molecular formula is C14H20N4O. The summed E-state index contributed by atoms with van der Waals surface area (Å²) < 4.78 is 7.66. The molecule has 0 saturated carbocycles. The van der Waals surface area contributed by atoms with Gasteiger partial charge in [-0.2, -0.15) is 0 Å². The Morgan fingerprint density at radius 1 is 1.42 bits per heavy atom. The van der Waals surface area contributed by atoms with Crippen molar-refractivity contribution < 1.29 is 4.74 Å². The summed E-state index contributed by atoms with van der Waals surface area (Å²) in [6, 6.07) is 3.78. The Labute approximate surface area is 113 Å². The Hall–Kier alpha value is -1.88. The van der Waals surface area contributed by atoms with Gasteiger partial charge in [-0.3, -0.25) is 0 Å². The molecule has 2 aromatic rings. The average Bonchev–Trinajstić information content (AvgIpc) is 2.83. The van der Waals surface area contributed by atoms with Crippen LogP contribution < -0.4 is 5.73 Å². The van der Waals surface area contributed by atoms with E-state index in [4.69, 9.17) is 10.5 Å². The van der Waals surface area contributed by atoms with Crippen LogP contribution in [0.25, 0.3) is 11.3 Å². The predicted molar refractivity (Wildman–Crippen MR) is 75.5 cm³/mol. The fraction of sp³-hybridized carbons (Fsp3) is 0.429. The highest BCUT2D eigenvalue weighted by molar-refractivity contribution is 5.61. The smallest absolute Gasteiger partial charge is 0.123 e. The first-order chi connectivity index (χ1) is 9.16. The van der Waals surface area contributed by atoms with E-state index in [9.17, 15) is 0 Å². The molecule has 0 aliphatic rings. The number of rotatable bonds is 6. The molecule has 5 nitrogen and oxygen atoms in total. The molecule has 2 N–H and O–H groups in total. The van der Waals surface area contributed by atoms with Crippen LogP contribution in [0, 0.1) is 5.92 Å². The van der Waals surface area contributed by atoms with Crippen molar-refractivity contribution in [3.63, 3.8) is 0 Å². The van der Waals surface area contributed by atoms with Gasteiger partial charge in [0.1, 0.15) is 5.82 Å². The SMILES string of the molecule is CC(C)COCCn1cncc1-c1ccnc(N)c1. The van der Waals surface area contributed by atoms with Crippen LogP contribution in [0.2, 0.25) is 0 Å². The second-order valence-corrected chi connectivity index (χ2v) is 4.91. The lowest BCUT2D eigenvalue weighted by molar-refractivity contribution is 0.103. The molecule has 0 atom stereocenters. The first-order valence-corrected chi connectivity index (χ1v) is 6.46. The van der Waals surface area contributed by atoms with E-state index in [0.717, 1.165) is 24.4 Å². The van der Waals surface area contributed by atoms with Gasteiger partial charge in [-0.1, -0.05) is 13.8 Å². The minimum Gasteiger partial charge on any atom is -0.384 e. The molecular weight excluding hydrogens is 240 g/mol. The van der Waals surface area contributed by atoms with Crippen molar-refractivity contribution in [2.75, 3.05) is 18.9 Å². The Morgan fingerprint density at radius 3 is 3.00 bits per heavy atom. The lowest BCUT2D eigenvalue weighted by Gasteiger charge is -2.10. The second-order valence-electron chi connectivity index (χ2n) is 4.91. The largest absolute Gasteiger partial charge is 0.384 e. The first-order valence-electron chi connectivity index (χ1n) is 6.46. The number of hydrogen-bond donors (Lipinski definition) is 1. The number of ether oxygens (including phenoxy) is 1. The van der Waals surface area contributed by atoms with E-state index in [1.165, 1.54) is 0 Å². The highest BCUT2D eigenvalue weighted by Gasteiger charge is 2.05. The molecule has 102 valence electrons. The van der Waals surface area contributed by atoms with Crippen LogP contribution in [0.15, 0.2) is 30.9 Å². The number of aromatic nitrogens is 3. The molecule has 0 aliphatic carbocycles. The fourth-order valence-corrected chi connectivity index (χ4v) is 1.83. The van der Waals surface area contributed by atoms with Gasteiger partial charge in [0.2, 0.25) is 0 Å². The number of hydrogen-bond acceptors (Lipinski definition) is 4. The van der Waals surface area contributed by atoms with Crippen molar-refractivity contribution in [2.24, 2.45) is 5.92 Å². The molecule has 0 saturated heterocycles. The van der Waals surface area contributed by atoms with Gasteiger partial charge in [0.25, 0.3) is 0 Å². The van der Waals surface area contributed by atoms with E-state index in [-0.39, 0.29) is 0 Å². The number of nitrogens with two attached hydrogens (primary N) is 1. The van der Waals surface area contributed by atoms with Gasteiger partial charge in [0.05, 0.1) is 24.8 Å². The van der Waals surface area contributed by atoms with Gasteiger partial charge in [0.15, 0.2) is 0 Å². The van der Waals surface area contributed by atoms with Gasteiger partial charge in [-0.25, -0.2) is 9.97 Å². The molecule has 0 unspecified atom stereocenters. The third-order valence-electron chi connectivity index (χ3n) is 2.72. The van der Waals surface area contributed by atoms with Gasteiger partial charge in [-0.05, 0) is 18.1 Å². The molecule has 2 aromatic heterocycles. The van der Waals surface area contributed by atoms with Crippen LogP contribution in [0.5, 0.6) is 0 Å². The van der Waals surface area contributed by atoms with Crippen LogP contribution in [0.4, 0.5) is 5.82 Å². The molecule has 0 radical (unpaired) electrons. The number of imidazole rings is 1. The van der Waals surface area contributed by atoms with Crippen LogP contribution >= 0.6 is 0 Å². The highest BCUT2D eigenvalue weighted by Crippen LogP contribution is 2.19. The first kappa shape index (κ1) is 13.5. The molecule has 0 aliphatic heterocycles. The van der Waals surface area contributed by atoms with E-state index in [0.29, 0.717) is 18.3 Å². The minimum absolute atomic E-state index is 0.515. The van der Waals surface area contributed by atoms with Crippen LogP contribution in [-0.4, -0.2) is 27.7 Å². The summed E-state index contributed by atoms with van der Waals surface area (Å²) in [4.78, 5) is 8.19. The van der Waals surface area contributed by atoms with Crippen molar-refractivity contribution in [2.45, 2.75) is 20.4 Å².